The van der Waals surface area contributed by atoms with E-state index in [9.17, 15) is 26.3 Å². The van der Waals surface area contributed by atoms with Gasteiger partial charge in [-0.15, -0.1) is 0 Å². The molecule has 3 aromatic rings. The number of rotatable bonds is 2. The van der Waals surface area contributed by atoms with Gasteiger partial charge in [0.2, 0.25) is 0 Å². The molecule has 0 saturated heterocycles. The molecule has 0 bridgehead atoms. The van der Waals surface area contributed by atoms with Crippen molar-refractivity contribution in [2.45, 2.75) is 18.9 Å². The molecule has 0 radical (unpaired) electrons. The van der Waals surface area contributed by atoms with Crippen LogP contribution in [0.5, 0.6) is 0 Å². The second-order valence-electron chi connectivity index (χ2n) is 5.27. The number of benzene rings is 1. The van der Waals surface area contributed by atoms with Gasteiger partial charge in [-0.25, -0.2) is 4.98 Å². The first-order chi connectivity index (χ1) is 11.1. The molecule has 0 aliphatic heterocycles. The third kappa shape index (κ3) is 3.22. The van der Waals surface area contributed by atoms with Gasteiger partial charge >= 0.3 is 12.4 Å². The van der Waals surface area contributed by atoms with Crippen molar-refractivity contribution >= 4 is 11.0 Å². The molecule has 0 atom stereocenters. The second kappa shape index (κ2) is 5.54. The molecule has 2 heterocycles. The largest absolute Gasteiger partial charge is 0.416 e. The molecule has 1 aromatic carbocycles. The number of pyridine rings is 1. The Bertz CT molecular complexity index is 844. The average Bonchev–Trinajstić information content (AvgIpc) is 2.89. The highest BCUT2D eigenvalue weighted by Crippen LogP contribution is 2.36. The van der Waals surface area contributed by atoms with E-state index in [1.165, 1.54) is 10.8 Å². The fourth-order valence-electron chi connectivity index (χ4n) is 2.46. The van der Waals surface area contributed by atoms with Crippen molar-refractivity contribution < 1.29 is 26.3 Å². The third-order valence-corrected chi connectivity index (χ3v) is 3.52. The first-order valence-electron chi connectivity index (χ1n) is 6.83. The third-order valence-electron chi connectivity index (χ3n) is 3.52. The van der Waals surface area contributed by atoms with Crippen molar-refractivity contribution in [3.8, 4) is 0 Å². The predicted molar refractivity (Wildman–Crippen MR) is 75.3 cm³/mol. The molecule has 2 nitrogen and oxygen atoms in total. The highest BCUT2D eigenvalue weighted by molar-refractivity contribution is 5.75. The maximum Gasteiger partial charge on any atom is 0.416 e. The zero-order valence-electron chi connectivity index (χ0n) is 12.0. The fraction of sp³-hybridized carbons (Fsp3) is 0.188. The van der Waals surface area contributed by atoms with Gasteiger partial charge in [-0.2, -0.15) is 26.3 Å². The number of hydrogen-bond donors (Lipinski definition) is 0. The van der Waals surface area contributed by atoms with Gasteiger partial charge in [0.25, 0.3) is 0 Å². The van der Waals surface area contributed by atoms with Gasteiger partial charge < -0.3 is 4.57 Å². The van der Waals surface area contributed by atoms with Crippen LogP contribution in [0.3, 0.4) is 0 Å². The van der Waals surface area contributed by atoms with Crippen LogP contribution in [0.15, 0.2) is 48.8 Å². The van der Waals surface area contributed by atoms with E-state index in [0.717, 1.165) is 17.5 Å². The van der Waals surface area contributed by atoms with E-state index < -0.39 is 23.5 Å². The van der Waals surface area contributed by atoms with Crippen LogP contribution in [0, 0.1) is 0 Å². The van der Waals surface area contributed by atoms with Crippen molar-refractivity contribution in [3.05, 3.63) is 65.5 Å². The molecule has 0 aliphatic carbocycles. The van der Waals surface area contributed by atoms with Crippen molar-refractivity contribution in [3.63, 3.8) is 0 Å². The van der Waals surface area contributed by atoms with E-state index >= 15 is 0 Å². The summed E-state index contributed by atoms with van der Waals surface area (Å²) in [5.74, 6) is 0. The topological polar surface area (TPSA) is 17.8 Å². The van der Waals surface area contributed by atoms with Crippen LogP contribution in [0.2, 0.25) is 0 Å². The van der Waals surface area contributed by atoms with E-state index in [4.69, 9.17) is 0 Å². The Labute approximate surface area is 132 Å². The van der Waals surface area contributed by atoms with Gasteiger partial charge in [0.05, 0.1) is 11.1 Å². The van der Waals surface area contributed by atoms with Gasteiger partial charge in [0.15, 0.2) is 0 Å². The summed E-state index contributed by atoms with van der Waals surface area (Å²) in [6, 6.07) is 6.72. The summed E-state index contributed by atoms with van der Waals surface area (Å²) < 4.78 is 78.8. The lowest BCUT2D eigenvalue weighted by molar-refractivity contribution is -0.143. The maximum atomic E-state index is 12.9. The number of halogens is 6. The van der Waals surface area contributed by atoms with Crippen molar-refractivity contribution in [1.29, 1.82) is 0 Å². The van der Waals surface area contributed by atoms with Crippen molar-refractivity contribution in [2.24, 2.45) is 0 Å². The Morgan fingerprint density at radius 2 is 1.50 bits per heavy atom. The molecule has 3 rings (SSSR count). The van der Waals surface area contributed by atoms with Gasteiger partial charge in [-0.3, -0.25) is 0 Å². The van der Waals surface area contributed by atoms with Crippen molar-refractivity contribution in [1.82, 2.24) is 9.55 Å². The Morgan fingerprint density at radius 3 is 2.08 bits per heavy atom. The second-order valence-corrected chi connectivity index (χ2v) is 5.27. The lowest BCUT2D eigenvalue weighted by Crippen LogP contribution is -2.12. The summed E-state index contributed by atoms with van der Waals surface area (Å²) in [4.78, 5) is 4.10. The number of alkyl halides is 6. The Balaban J connectivity index is 2.07. The molecule has 2 aromatic heterocycles. The maximum absolute atomic E-state index is 12.9. The van der Waals surface area contributed by atoms with Gasteiger partial charge in [-0.05, 0) is 42.0 Å². The predicted octanol–water partition coefficient (Wildman–Crippen LogP) is 5.12. The summed E-state index contributed by atoms with van der Waals surface area (Å²) >= 11 is 0. The van der Waals surface area contributed by atoms with Crippen LogP contribution < -0.4 is 0 Å². The van der Waals surface area contributed by atoms with Gasteiger partial charge in [0.1, 0.15) is 5.65 Å². The summed E-state index contributed by atoms with van der Waals surface area (Å²) in [5.41, 5.74) is -2.25. The molecule has 0 aliphatic rings. The van der Waals surface area contributed by atoms with Crippen LogP contribution >= 0.6 is 0 Å². The van der Waals surface area contributed by atoms with Gasteiger partial charge in [0, 0.05) is 24.3 Å². The normalized spacial score (nSPS) is 12.8. The lowest BCUT2D eigenvalue weighted by Gasteiger charge is -2.14. The molecule has 0 spiro atoms. The first-order valence-corrected chi connectivity index (χ1v) is 6.83. The van der Waals surface area contributed by atoms with Crippen molar-refractivity contribution in [2.75, 3.05) is 0 Å². The minimum Gasteiger partial charge on any atom is -0.328 e. The van der Waals surface area contributed by atoms with Crippen LogP contribution in [0.1, 0.15) is 16.7 Å². The zero-order valence-corrected chi connectivity index (χ0v) is 12.0. The minimum atomic E-state index is -4.85. The van der Waals surface area contributed by atoms with E-state index in [0.29, 0.717) is 5.65 Å². The highest BCUT2D eigenvalue weighted by Gasteiger charge is 2.36. The first kappa shape index (κ1) is 16.4. The number of aromatic nitrogens is 2. The Morgan fingerprint density at radius 1 is 0.875 bits per heavy atom. The molecule has 0 fully saturated rings. The van der Waals surface area contributed by atoms with Crippen LogP contribution in [0.25, 0.3) is 11.0 Å². The summed E-state index contributed by atoms with van der Waals surface area (Å²) in [6.07, 6.45) is -6.63. The molecular weight excluding hydrogens is 334 g/mol. The number of hydrogen-bond acceptors (Lipinski definition) is 1. The molecule has 0 unspecified atom stereocenters. The molecule has 24 heavy (non-hydrogen) atoms. The monoisotopic (exact) mass is 344 g/mol. The standard InChI is InChI=1S/C16H10F6N2/c17-15(18,19)12-6-10(7-13(8-12)16(20,21)22)9-24-5-3-11-2-1-4-23-14(11)24/h1-8H,9H2. The fourth-order valence-corrected chi connectivity index (χ4v) is 2.46. The molecule has 0 N–H and O–H groups in total. The summed E-state index contributed by atoms with van der Waals surface area (Å²) in [6.45, 7) is -0.145. The number of nitrogens with zero attached hydrogens (tertiary/aromatic N) is 2. The molecule has 0 amide bonds. The average molecular weight is 344 g/mol. The molecule has 126 valence electrons. The van der Waals surface area contributed by atoms with Crippen LogP contribution in [-0.4, -0.2) is 9.55 Å². The summed E-state index contributed by atoms with van der Waals surface area (Å²) in [7, 11) is 0. The Kier molecular flexibility index (Phi) is 3.77. The minimum absolute atomic E-state index is 0.0969. The molecular formula is C16H10F6N2. The SMILES string of the molecule is FC(F)(F)c1cc(Cn2ccc3cccnc32)cc(C(F)(F)F)c1. The zero-order chi connectivity index (χ0) is 17.5. The molecule has 8 heteroatoms. The van der Waals surface area contributed by atoms with E-state index in [1.54, 1.807) is 24.4 Å². The highest BCUT2D eigenvalue weighted by atomic mass is 19.4. The number of fused-ring (bicyclic) bond motifs is 1. The quantitative estimate of drug-likeness (QED) is 0.590. The van der Waals surface area contributed by atoms with E-state index in [-0.39, 0.29) is 18.2 Å². The van der Waals surface area contributed by atoms with Crippen LogP contribution in [0.4, 0.5) is 26.3 Å². The molecule has 0 saturated carbocycles. The van der Waals surface area contributed by atoms with Crippen LogP contribution in [-0.2, 0) is 18.9 Å². The van der Waals surface area contributed by atoms with E-state index in [1.807, 2.05) is 0 Å². The van der Waals surface area contributed by atoms with E-state index in [2.05, 4.69) is 4.98 Å². The summed E-state index contributed by atoms with van der Waals surface area (Å²) in [5, 5.41) is 0.750. The Hall–Kier alpha value is -2.51. The van der Waals surface area contributed by atoms with Gasteiger partial charge in [-0.1, -0.05) is 0 Å². The lowest BCUT2D eigenvalue weighted by atomic mass is 10.0. The smallest absolute Gasteiger partial charge is 0.328 e.